The van der Waals surface area contributed by atoms with Crippen LogP contribution < -0.4 is 5.73 Å². The lowest BCUT2D eigenvalue weighted by Gasteiger charge is -2.18. The zero-order valence-electron chi connectivity index (χ0n) is 11.6. The summed E-state index contributed by atoms with van der Waals surface area (Å²) in [5.74, 6) is -0.610. The molecule has 0 bridgehead atoms. The van der Waals surface area contributed by atoms with E-state index in [1.54, 1.807) is 31.0 Å². The third-order valence-corrected chi connectivity index (χ3v) is 3.15. The molecule has 20 heavy (non-hydrogen) atoms. The van der Waals surface area contributed by atoms with E-state index in [0.29, 0.717) is 17.8 Å². The molecule has 0 saturated heterocycles. The fraction of sp³-hybridized carbons (Fsp3) is 0.188. The van der Waals surface area contributed by atoms with Gasteiger partial charge in [-0.1, -0.05) is 18.2 Å². The molecule has 0 aliphatic rings. The summed E-state index contributed by atoms with van der Waals surface area (Å²) in [7, 11) is 1.69. The molecule has 0 aromatic heterocycles. The summed E-state index contributed by atoms with van der Waals surface area (Å²) < 4.78 is 13.3. The summed E-state index contributed by atoms with van der Waals surface area (Å²) in [6, 6.07) is 11.6. The molecule has 0 aliphatic heterocycles. The lowest BCUT2D eigenvalue weighted by atomic mass is 10.1. The molecule has 2 aromatic rings. The molecule has 0 radical (unpaired) electrons. The quantitative estimate of drug-likeness (QED) is 0.873. The predicted octanol–water partition coefficient (Wildman–Crippen LogP) is 2.99. The first kappa shape index (κ1) is 14.1. The van der Waals surface area contributed by atoms with Crippen molar-refractivity contribution < 1.29 is 9.18 Å². The maximum Gasteiger partial charge on any atom is 0.254 e. The van der Waals surface area contributed by atoms with Crippen LogP contribution in [-0.2, 0) is 6.54 Å². The van der Waals surface area contributed by atoms with Gasteiger partial charge in [-0.15, -0.1) is 0 Å². The highest BCUT2D eigenvalue weighted by molar-refractivity contribution is 5.95. The van der Waals surface area contributed by atoms with Gasteiger partial charge in [-0.05, 0) is 42.3 Å². The van der Waals surface area contributed by atoms with Crippen molar-refractivity contribution in [1.82, 2.24) is 4.90 Å². The predicted molar refractivity (Wildman–Crippen MR) is 77.8 cm³/mol. The zero-order valence-corrected chi connectivity index (χ0v) is 11.6. The van der Waals surface area contributed by atoms with Crippen LogP contribution in [0.5, 0.6) is 0 Å². The molecule has 0 fully saturated rings. The number of benzene rings is 2. The van der Waals surface area contributed by atoms with Gasteiger partial charge in [0.2, 0.25) is 0 Å². The van der Waals surface area contributed by atoms with Crippen molar-refractivity contribution in [3.05, 3.63) is 65.0 Å². The van der Waals surface area contributed by atoms with E-state index in [1.807, 2.05) is 18.2 Å². The molecule has 2 N–H and O–H groups in total. The Balaban J connectivity index is 2.18. The molecule has 0 saturated carbocycles. The molecule has 0 aliphatic carbocycles. The highest BCUT2D eigenvalue weighted by atomic mass is 19.1. The Hall–Kier alpha value is -2.36. The minimum Gasteiger partial charge on any atom is -0.399 e. The van der Waals surface area contributed by atoms with Crippen molar-refractivity contribution in [2.45, 2.75) is 13.5 Å². The van der Waals surface area contributed by atoms with Crippen LogP contribution in [0.25, 0.3) is 0 Å². The van der Waals surface area contributed by atoms with Crippen LogP contribution in [-0.4, -0.2) is 17.9 Å². The van der Waals surface area contributed by atoms with E-state index in [9.17, 15) is 9.18 Å². The molecular formula is C16H17FN2O. The van der Waals surface area contributed by atoms with Gasteiger partial charge in [0.25, 0.3) is 5.91 Å². The van der Waals surface area contributed by atoms with Crippen LogP contribution in [0.1, 0.15) is 21.5 Å². The number of nitrogen functional groups attached to an aromatic ring is 1. The number of nitrogens with zero attached hydrogens (tertiary/aromatic N) is 1. The summed E-state index contributed by atoms with van der Waals surface area (Å²) >= 11 is 0. The molecule has 0 atom stereocenters. The van der Waals surface area contributed by atoms with Gasteiger partial charge in [-0.25, -0.2) is 4.39 Å². The number of hydrogen-bond acceptors (Lipinski definition) is 2. The summed E-state index contributed by atoms with van der Waals surface area (Å²) in [4.78, 5) is 13.9. The first-order chi connectivity index (χ1) is 9.47. The molecule has 2 aromatic carbocycles. The number of carbonyl (C=O) groups is 1. The summed E-state index contributed by atoms with van der Waals surface area (Å²) in [5.41, 5.74) is 8.46. The van der Waals surface area contributed by atoms with Crippen LogP contribution in [0.4, 0.5) is 10.1 Å². The number of carbonyl (C=O) groups excluding carboxylic acids is 1. The number of hydrogen-bond donors (Lipinski definition) is 1. The van der Waals surface area contributed by atoms with E-state index in [-0.39, 0.29) is 5.91 Å². The van der Waals surface area contributed by atoms with Gasteiger partial charge >= 0.3 is 0 Å². The Labute approximate surface area is 117 Å². The minimum atomic E-state index is -0.406. The van der Waals surface area contributed by atoms with Gasteiger partial charge < -0.3 is 10.6 Å². The molecule has 0 heterocycles. The molecule has 1 amide bonds. The highest BCUT2D eigenvalue weighted by Gasteiger charge is 2.15. The van der Waals surface area contributed by atoms with Crippen LogP contribution in [0, 0.1) is 12.7 Å². The van der Waals surface area contributed by atoms with Crippen molar-refractivity contribution in [1.29, 1.82) is 0 Å². The largest absolute Gasteiger partial charge is 0.399 e. The summed E-state index contributed by atoms with van der Waals surface area (Å²) in [5, 5.41) is 0. The van der Waals surface area contributed by atoms with Crippen molar-refractivity contribution >= 4 is 11.6 Å². The Kier molecular flexibility index (Phi) is 4.03. The van der Waals surface area contributed by atoms with Gasteiger partial charge in [0, 0.05) is 24.8 Å². The van der Waals surface area contributed by atoms with Gasteiger partial charge in [0.15, 0.2) is 0 Å². The molecule has 4 heteroatoms. The zero-order chi connectivity index (χ0) is 14.7. The lowest BCUT2D eigenvalue weighted by Crippen LogP contribution is -2.27. The topological polar surface area (TPSA) is 46.3 Å². The Morgan fingerprint density at radius 1 is 1.25 bits per heavy atom. The highest BCUT2D eigenvalue weighted by Crippen LogP contribution is 2.15. The van der Waals surface area contributed by atoms with Crippen molar-refractivity contribution in [2.75, 3.05) is 12.8 Å². The van der Waals surface area contributed by atoms with Crippen molar-refractivity contribution in [3.63, 3.8) is 0 Å². The van der Waals surface area contributed by atoms with Crippen LogP contribution >= 0.6 is 0 Å². The van der Waals surface area contributed by atoms with E-state index in [4.69, 9.17) is 5.73 Å². The molecule has 104 valence electrons. The summed E-state index contributed by atoms with van der Waals surface area (Å²) in [6.07, 6.45) is 0. The second-order valence-corrected chi connectivity index (χ2v) is 4.87. The average molecular weight is 272 g/mol. The van der Waals surface area contributed by atoms with Crippen molar-refractivity contribution in [2.24, 2.45) is 0 Å². The number of amides is 1. The number of aryl methyl sites for hydroxylation is 1. The number of rotatable bonds is 3. The average Bonchev–Trinajstić information content (AvgIpc) is 2.40. The van der Waals surface area contributed by atoms with Gasteiger partial charge in [0.05, 0.1) is 0 Å². The fourth-order valence-electron chi connectivity index (χ4n) is 2.07. The molecule has 2 rings (SSSR count). The second kappa shape index (κ2) is 5.74. The first-order valence-corrected chi connectivity index (χ1v) is 6.33. The van der Waals surface area contributed by atoms with Gasteiger partial charge in [0.1, 0.15) is 5.82 Å². The van der Waals surface area contributed by atoms with E-state index in [2.05, 4.69) is 0 Å². The molecule has 3 nitrogen and oxygen atoms in total. The third-order valence-electron chi connectivity index (χ3n) is 3.15. The van der Waals surface area contributed by atoms with Crippen LogP contribution in [0.15, 0.2) is 42.5 Å². The first-order valence-electron chi connectivity index (χ1n) is 6.33. The fourth-order valence-corrected chi connectivity index (χ4v) is 2.07. The van der Waals surface area contributed by atoms with Crippen molar-refractivity contribution in [3.8, 4) is 0 Å². The van der Waals surface area contributed by atoms with E-state index < -0.39 is 5.82 Å². The smallest absolute Gasteiger partial charge is 0.254 e. The summed E-state index contributed by atoms with van der Waals surface area (Å²) in [6.45, 7) is 2.22. The normalized spacial score (nSPS) is 10.3. The monoisotopic (exact) mass is 272 g/mol. The maximum atomic E-state index is 13.3. The second-order valence-electron chi connectivity index (χ2n) is 4.87. The number of halogens is 1. The number of nitrogens with two attached hydrogens (primary N) is 1. The number of anilines is 1. The molecular weight excluding hydrogens is 255 g/mol. The Morgan fingerprint density at radius 2 is 2.00 bits per heavy atom. The van der Waals surface area contributed by atoms with Gasteiger partial charge in [-0.3, -0.25) is 4.79 Å². The third kappa shape index (κ3) is 3.15. The van der Waals surface area contributed by atoms with Crippen LogP contribution in [0.3, 0.4) is 0 Å². The van der Waals surface area contributed by atoms with E-state index >= 15 is 0 Å². The SMILES string of the molecule is Cc1ccc(F)cc1C(=O)N(C)Cc1cccc(N)c1. The minimum absolute atomic E-state index is 0.204. The Bertz CT molecular complexity index is 640. The van der Waals surface area contributed by atoms with E-state index in [0.717, 1.165) is 11.1 Å². The van der Waals surface area contributed by atoms with Gasteiger partial charge in [-0.2, -0.15) is 0 Å². The molecule has 0 spiro atoms. The Morgan fingerprint density at radius 3 is 2.70 bits per heavy atom. The lowest BCUT2D eigenvalue weighted by molar-refractivity contribution is 0.0784. The van der Waals surface area contributed by atoms with E-state index in [1.165, 1.54) is 12.1 Å². The molecule has 0 unspecified atom stereocenters. The standard InChI is InChI=1S/C16H17FN2O/c1-11-6-7-13(17)9-15(11)16(20)19(2)10-12-4-3-5-14(18)8-12/h3-9H,10,18H2,1-2H3. The van der Waals surface area contributed by atoms with Crippen LogP contribution in [0.2, 0.25) is 0 Å². The maximum absolute atomic E-state index is 13.3.